The van der Waals surface area contributed by atoms with Crippen LogP contribution < -0.4 is 21.3 Å². The minimum Gasteiger partial charge on any atom is -0.350 e. The summed E-state index contributed by atoms with van der Waals surface area (Å²) in [5.41, 5.74) is 0.873. The van der Waals surface area contributed by atoms with Gasteiger partial charge in [0.1, 0.15) is 18.1 Å². The number of nitrogens with zero attached hydrogens (tertiary/aromatic N) is 2. The summed E-state index contributed by atoms with van der Waals surface area (Å²) in [4.78, 5) is 70.8. The van der Waals surface area contributed by atoms with E-state index in [1.165, 1.54) is 4.90 Å². The summed E-state index contributed by atoms with van der Waals surface area (Å²) in [5.74, 6) is -1.44. The van der Waals surface area contributed by atoms with Crippen LogP contribution in [0.25, 0.3) is 0 Å². The molecule has 4 atom stereocenters. The van der Waals surface area contributed by atoms with Gasteiger partial charge in [0.05, 0.1) is 6.54 Å². The van der Waals surface area contributed by atoms with Crippen LogP contribution in [0, 0.1) is 11.8 Å². The Labute approximate surface area is 262 Å². The van der Waals surface area contributed by atoms with E-state index >= 15 is 0 Å². The van der Waals surface area contributed by atoms with Crippen LogP contribution in [0.15, 0.2) is 30.3 Å². The molecule has 11 heteroatoms. The Bertz CT molecular complexity index is 1120. The van der Waals surface area contributed by atoms with Crippen molar-refractivity contribution in [2.45, 2.75) is 96.8 Å². The predicted octanol–water partition coefficient (Wildman–Crippen LogP) is 1.61. The molecule has 2 aliphatic rings. The third kappa shape index (κ3) is 11.2. The van der Waals surface area contributed by atoms with Crippen molar-refractivity contribution in [1.29, 1.82) is 0 Å². The largest absolute Gasteiger partial charge is 0.350 e. The van der Waals surface area contributed by atoms with Crippen molar-refractivity contribution in [2.75, 3.05) is 33.2 Å². The number of carbonyl (C=O) groups is 5. The SMILES string of the molecule is CC[C@H]1CN(C(=O)CCC2CCN(C)CC2)CC(=O)N[C@H](C)C(=O)N[C@@H](CC(C)C)C(=O)N[C@@H](Cc2ccccc2)C(=O)N1. The topological polar surface area (TPSA) is 140 Å². The first kappa shape index (κ1) is 35.0. The lowest BCUT2D eigenvalue weighted by molar-refractivity contribution is -0.138. The van der Waals surface area contributed by atoms with E-state index in [4.69, 9.17) is 0 Å². The molecule has 4 N–H and O–H groups in total. The number of rotatable bonds is 8. The fourth-order valence-corrected chi connectivity index (χ4v) is 5.79. The van der Waals surface area contributed by atoms with Crippen molar-refractivity contribution in [3.63, 3.8) is 0 Å². The zero-order valence-electron chi connectivity index (χ0n) is 27.1. The fourth-order valence-electron chi connectivity index (χ4n) is 5.79. The average Bonchev–Trinajstić information content (AvgIpc) is 2.98. The van der Waals surface area contributed by atoms with Gasteiger partial charge in [-0.25, -0.2) is 0 Å². The highest BCUT2D eigenvalue weighted by atomic mass is 16.2. The van der Waals surface area contributed by atoms with E-state index in [1.807, 2.05) is 51.1 Å². The maximum Gasteiger partial charge on any atom is 0.243 e. The zero-order chi connectivity index (χ0) is 32.2. The molecular formula is C33H52N6O5. The second-order valence-electron chi connectivity index (χ2n) is 12.9. The minimum atomic E-state index is -0.923. The lowest BCUT2D eigenvalue weighted by Crippen LogP contribution is -2.57. The van der Waals surface area contributed by atoms with Crippen LogP contribution in [-0.4, -0.2) is 96.7 Å². The molecule has 1 aromatic rings. The number of hydrogen-bond acceptors (Lipinski definition) is 6. The van der Waals surface area contributed by atoms with E-state index in [1.54, 1.807) is 6.92 Å². The van der Waals surface area contributed by atoms with Crippen molar-refractivity contribution in [1.82, 2.24) is 31.1 Å². The molecule has 2 heterocycles. The first-order chi connectivity index (χ1) is 20.9. The Morgan fingerprint density at radius 1 is 0.909 bits per heavy atom. The van der Waals surface area contributed by atoms with E-state index in [0.29, 0.717) is 25.2 Å². The zero-order valence-corrected chi connectivity index (χ0v) is 27.1. The highest BCUT2D eigenvalue weighted by Gasteiger charge is 2.32. The maximum atomic E-state index is 13.7. The third-order valence-corrected chi connectivity index (χ3v) is 8.60. The van der Waals surface area contributed by atoms with Crippen LogP contribution in [-0.2, 0) is 30.4 Å². The number of likely N-dealkylation sites (tertiary alicyclic amines) is 1. The van der Waals surface area contributed by atoms with Crippen molar-refractivity contribution in [2.24, 2.45) is 11.8 Å². The molecule has 5 amide bonds. The second-order valence-corrected chi connectivity index (χ2v) is 12.9. The molecule has 0 spiro atoms. The molecule has 2 fully saturated rings. The van der Waals surface area contributed by atoms with Gasteiger partial charge in [0.25, 0.3) is 0 Å². The van der Waals surface area contributed by atoms with Crippen molar-refractivity contribution >= 4 is 29.5 Å². The van der Waals surface area contributed by atoms with Gasteiger partial charge < -0.3 is 31.1 Å². The Kier molecular flexibility index (Phi) is 13.6. The standard InChI is InChI=1S/C33H52N6O5/c1-6-26-20-39(30(41)13-12-24-14-16-38(5)17-15-24)21-29(40)34-23(4)31(42)36-27(18-22(2)3)33(44)37-28(32(43)35-26)19-25-10-8-7-9-11-25/h7-11,22-24,26-28H,6,12-21H2,1-5H3,(H,34,40)(H,35,43)(H,36,42)(H,37,44)/t23-,26+,27+,28+/m1/s1. The molecule has 11 nitrogen and oxygen atoms in total. The van der Waals surface area contributed by atoms with Gasteiger partial charge in [0.2, 0.25) is 29.5 Å². The molecule has 0 aromatic heterocycles. The molecule has 0 aliphatic carbocycles. The van der Waals surface area contributed by atoms with E-state index < -0.39 is 41.9 Å². The van der Waals surface area contributed by atoms with Gasteiger partial charge in [0, 0.05) is 25.4 Å². The van der Waals surface area contributed by atoms with Gasteiger partial charge in [-0.15, -0.1) is 0 Å². The van der Waals surface area contributed by atoms with Crippen LogP contribution in [0.3, 0.4) is 0 Å². The minimum absolute atomic E-state index is 0.0815. The highest BCUT2D eigenvalue weighted by molar-refractivity contribution is 5.95. The molecule has 2 saturated heterocycles. The summed E-state index contributed by atoms with van der Waals surface area (Å²) in [7, 11) is 2.10. The molecule has 0 bridgehead atoms. The van der Waals surface area contributed by atoms with E-state index in [0.717, 1.165) is 37.9 Å². The molecule has 0 saturated carbocycles. The second kappa shape index (κ2) is 17.1. The molecule has 0 radical (unpaired) electrons. The summed E-state index contributed by atoms with van der Waals surface area (Å²) in [6, 6.07) is 6.26. The Morgan fingerprint density at radius 3 is 2.18 bits per heavy atom. The van der Waals surface area contributed by atoms with E-state index in [2.05, 4.69) is 33.2 Å². The number of benzene rings is 1. The van der Waals surface area contributed by atoms with Gasteiger partial charge in [0.15, 0.2) is 0 Å². The van der Waals surface area contributed by atoms with Crippen LogP contribution in [0.2, 0.25) is 0 Å². The van der Waals surface area contributed by atoms with Gasteiger partial charge in [-0.2, -0.15) is 0 Å². The monoisotopic (exact) mass is 612 g/mol. The van der Waals surface area contributed by atoms with E-state index in [9.17, 15) is 24.0 Å². The van der Waals surface area contributed by atoms with Crippen LogP contribution in [0.5, 0.6) is 0 Å². The summed E-state index contributed by atoms with van der Waals surface area (Å²) >= 11 is 0. The van der Waals surface area contributed by atoms with E-state index in [-0.39, 0.29) is 37.2 Å². The van der Waals surface area contributed by atoms with Crippen molar-refractivity contribution < 1.29 is 24.0 Å². The number of amides is 5. The number of piperidine rings is 1. The summed E-state index contributed by atoms with van der Waals surface area (Å²) in [6.45, 7) is 9.29. The quantitative estimate of drug-likeness (QED) is 0.352. The lowest BCUT2D eigenvalue weighted by Gasteiger charge is -2.31. The van der Waals surface area contributed by atoms with Gasteiger partial charge in [-0.3, -0.25) is 24.0 Å². The highest BCUT2D eigenvalue weighted by Crippen LogP contribution is 2.21. The molecule has 0 unspecified atom stereocenters. The maximum absolute atomic E-state index is 13.7. The molecule has 244 valence electrons. The number of carbonyl (C=O) groups excluding carboxylic acids is 5. The van der Waals surface area contributed by atoms with Crippen molar-refractivity contribution in [3.8, 4) is 0 Å². The van der Waals surface area contributed by atoms with Gasteiger partial charge >= 0.3 is 0 Å². The molecule has 1 aromatic carbocycles. The first-order valence-electron chi connectivity index (χ1n) is 16.2. The molecule has 44 heavy (non-hydrogen) atoms. The van der Waals surface area contributed by atoms with Gasteiger partial charge in [-0.1, -0.05) is 51.1 Å². The van der Waals surface area contributed by atoms with Crippen LogP contribution in [0.4, 0.5) is 0 Å². The van der Waals surface area contributed by atoms with Gasteiger partial charge in [-0.05, 0) is 76.6 Å². The van der Waals surface area contributed by atoms with Crippen molar-refractivity contribution in [3.05, 3.63) is 35.9 Å². The Balaban J connectivity index is 1.86. The lowest BCUT2D eigenvalue weighted by atomic mass is 9.92. The number of hydrogen-bond donors (Lipinski definition) is 4. The summed E-state index contributed by atoms with van der Waals surface area (Å²) < 4.78 is 0. The molecule has 2 aliphatic heterocycles. The Morgan fingerprint density at radius 2 is 1.55 bits per heavy atom. The summed E-state index contributed by atoms with van der Waals surface area (Å²) in [5, 5.41) is 11.4. The Hall–Kier alpha value is -3.47. The van der Waals surface area contributed by atoms with Crippen LogP contribution in [0.1, 0.15) is 71.8 Å². The average molecular weight is 613 g/mol. The number of nitrogens with one attached hydrogen (secondary N) is 4. The van der Waals surface area contributed by atoms with Crippen LogP contribution >= 0.6 is 0 Å². The predicted molar refractivity (Wildman–Crippen MR) is 169 cm³/mol. The molecule has 3 rings (SSSR count). The smallest absolute Gasteiger partial charge is 0.243 e. The first-order valence-corrected chi connectivity index (χ1v) is 16.2. The molecular weight excluding hydrogens is 560 g/mol. The summed E-state index contributed by atoms with van der Waals surface area (Å²) in [6.07, 6.45) is 4.26. The third-order valence-electron chi connectivity index (χ3n) is 8.60. The fraction of sp³-hybridized carbons (Fsp3) is 0.667. The normalized spacial score (nSPS) is 25.4.